The van der Waals surface area contributed by atoms with Gasteiger partial charge >= 0.3 is 6.18 Å². The summed E-state index contributed by atoms with van der Waals surface area (Å²) in [7, 11) is 0. The smallest absolute Gasteiger partial charge is 0.379 e. The van der Waals surface area contributed by atoms with E-state index in [4.69, 9.17) is 23.2 Å². The molecule has 0 bridgehead atoms. The van der Waals surface area contributed by atoms with Gasteiger partial charge in [0.2, 0.25) is 0 Å². The van der Waals surface area contributed by atoms with Crippen molar-refractivity contribution in [2.45, 2.75) is 12.7 Å². The summed E-state index contributed by atoms with van der Waals surface area (Å²) in [6.45, 7) is 0.0532. The second-order valence-electron chi connectivity index (χ2n) is 4.28. The van der Waals surface area contributed by atoms with Crippen LogP contribution in [0.3, 0.4) is 0 Å². The van der Waals surface area contributed by atoms with Crippen molar-refractivity contribution in [2.75, 3.05) is 5.32 Å². The van der Waals surface area contributed by atoms with E-state index in [1.807, 2.05) is 0 Å². The Kier molecular flexibility index (Phi) is 4.64. The SMILES string of the molecule is Fc1ccc(C(F)(F)F)cc1NCc1cc(Cl)ccc1Cl. The molecule has 2 rings (SSSR count). The molecule has 0 saturated heterocycles. The molecule has 0 fully saturated rings. The first-order valence-electron chi connectivity index (χ1n) is 5.82. The first-order chi connectivity index (χ1) is 9.77. The molecule has 7 heteroatoms. The van der Waals surface area contributed by atoms with Gasteiger partial charge in [-0.1, -0.05) is 23.2 Å². The third-order valence-electron chi connectivity index (χ3n) is 2.77. The van der Waals surface area contributed by atoms with Gasteiger partial charge in [0.15, 0.2) is 0 Å². The van der Waals surface area contributed by atoms with Crippen molar-refractivity contribution < 1.29 is 17.6 Å². The lowest BCUT2D eigenvalue weighted by Gasteiger charge is -2.12. The van der Waals surface area contributed by atoms with Crippen molar-refractivity contribution in [1.29, 1.82) is 0 Å². The molecule has 21 heavy (non-hydrogen) atoms. The zero-order chi connectivity index (χ0) is 15.6. The lowest BCUT2D eigenvalue weighted by atomic mass is 10.1. The van der Waals surface area contributed by atoms with Crippen molar-refractivity contribution in [3.05, 3.63) is 63.4 Å². The zero-order valence-corrected chi connectivity index (χ0v) is 12.0. The number of rotatable bonds is 3. The van der Waals surface area contributed by atoms with Crippen molar-refractivity contribution >= 4 is 28.9 Å². The Morgan fingerprint density at radius 3 is 2.38 bits per heavy atom. The van der Waals surface area contributed by atoms with E-state index >= 15 is 0 Å². The van der Waals surface area contributed by atoms with E-state index in [2.05, 4.69) is 5.32 Å². The predicted octanol–water partition coefficient (Wildman–Crippen LogP) is 5.76. The van der Waals surface area contributed by atoms with Gasteiger partial charge in [0.05, 0.1) is 11.3 Å². The van der Waals surface area contributed by atoms with Crippen LogP contribution >= 0.6 is 23.2 Å². The summed E-state index contributed by atoms with van der Waals surface area (Å²) in [5, 5.41) is 3.41. The Labute approximate surface area is 128 Å². The largest absolute Gasteiger partial charge is 0.416 e. The van der Waals surface area contributed by atoms with Gasteiger partial charge < -0.3 is 5.32 Å². The molecule has 0 atom stereocenters. The molecule has 2 aromatic rings. The normalized spacial score (nSPS) is 11.5. The first-order valence-corrected chi connectivity index (χ1v) is 6.57. The Morgan fingerprint density at radius 1 is 1.00 bits per heavy atom. The van der Waals surface area contributed by atoms with E-state index in [-0.39, 0.29) is 12.2 Å². The maximum absolute atomic E-state index is 13.6. The molecule has 0 aliphatic heterocycles. The van der Waals surface area contributed by atoms with Crippen LogP contribution in [-0.2, 0) is 12.7 Å². The van der Waals surface area contributed by atoms with Crippen LogP contribution in [0.4, 0.5) is 23.2 Å². The number of nitrogens with one attached hydrogen (secondary N) is 1. The molecule has 0 spiro atoms. The molecule has 0 saturated carbocycles. The van der Waals surface area contributed by atoms with Gasteiger partial charge in [-0.3, -0.25) is 0 Å². The topological polar surface area (TPSA) is 12.0 Å². The molecule has 0 unspecified atom stereocenters. The van der Waals surface area contributed by atoms with E-state index in [0.29, 0.717) is 27.7 Å². The number of hydrogen-bond donors (Lipinski definition) is 1. The Hall–Kier alpha value is -1.46. The van der Waals surface area contributed by atoms with Gasteiger partial charge in [-0.15, -0.1) is 0 Å². The summed E-state index contributed by atoms with van der Waals surface area (Å²) < 4.78 is 51.3. The molecular formula is C14H9Cl2F4N. The van der Waals surface area contributed by atoms with Crippen LogP contribution in [0.5, 0.6) is 0 Å². The maximum Gasteiger partial charge on any atom is 0.416 e. The molecule has 0 heterocycles. The van der Waals surface area contributed by atoms with Gasteiger partial charge in [0.1, 0.15) is 5.82 Å². The average Bonchev–Trinajstić information content (AvgIpc) is 2.40. The molecule has 0 radical (unpaired) electrons. The van der Waals surface area contributed by atoms with Gasteiger partial charge in [0, 0.05) is 16.6 Å². The van der Waals surface area contributed by atoms with Crippen LogP contribution in [0.2, 0.25) is 10.0 Å². The lowest BCUT2D eigenvalue weighted by Crippen LogP contribution is -2.08. The highest BCUT2D eigenvalue weighted by atomic mass is 35.5. The maximum atomic E-state index is 13.6. The number of hydrogen-bond acceptors (Lipinski definition) is 1. The predicted molar refractivity (Wildman–Crippen MR) is 75.2 cm³/mol. The molecule has 1 N–H and O–H groups in total. The third kappa shape index (κ3) is 4.02. The molecule has 0 aromatic heterocycles. The average molecular weight is 338 g/mol. The van der Waals surface area contributed by atoms with Crippen LogP contribution in [0.25, 0.3) is 0 Å². The van der Waals surface area contributed by atoms with Crippen LogP contribution in [-0.4, -0.2) is 0 Å². The number of anilines is 1. The quantitative estimate of drug-likeness (QED) is 0.701. The van der Waals surface area contributed by atoms with Crippen LogP contribution < -0.4 is 5.32 Å². The zero-order valence-electron chi connectivity index (χ0n) is 10.4. The highest BCUT2D eigenvalue weighted by Crippen LogP contribution is 2.32. The van der Waals surface area contributed by atoms with Gasteiger partial charge in [-0.25, -0.2) is 4.39 Å². The fourth-order valence-corrected chi connectivity index (χ4v) is 2.09. The minimum atomic E-state index is -4.53. The molecule has 0 amide bonds. The molecule has 112 valence electrons. The van der Waals surface area contributed by atoms with Crippen molar-refractivity contribution in [3.63, 3.8) is 0 Å². The minimum Gasteiger partial charge on any atom is -0.379 e. The van der Waals surface area contributed by atoms with Crippen LogP contribution in [0, 0.1) is 5.82 Å². The fraction of sp³-hybridized carbons (Fsp3) is 0.143. The van der Waals surface area contributed by atoms with Crippen LogP contribution in [0.15, 0.2) is 36.4 Å². The Bertz CT molecular complexity index is 656. The van der Waals surface area contributed by atoms with Crippen molar-refractivity contribution in [3.8, 4) is 0 Å². The summed E-state index contributed by atoms with van der Waals surface area (Å²) in [4.78, 5) is 0. The Balaban J connectivity index is 2.22. The van der Waals surface area contributed by atoms with E-state index in [1.54, 1.807) is 18.2 Å². The summed E-state index contributed by atoms with van der Waals surface area (Å²) in [5.74, 6) is -0.777. The number of alkyl halides is 3. The molecule has 0 aliphatic rings. The fourth-order valence-electron chi connectivity index (χ4n) is 1.71. The van der Waals surface area contributed by atoms with Crippen LogP contribution in [0.1, 0.15) is 11.1 Å². The summed E-state index contributed by atoms with van der Waals surface area (Å²) >= 11 is 11.7. The second-order valence-corrected chi connectivity index (χ2v) is 5.13. The van der Waals surface area contributed by atoms with Gasteiger partial charge in [-0.05, 0) is 42.0 Å². The molecule has 0 aliphatic carbocycles. The van der Waals surface area contributed by atoms with Crippen molar-refractivity contribution in [2.24, 2.45) is 0 Å². The van der Waals surface area contributed by atoms with E-state index < -0.39 is 17.6 Å². The molecular weight excluding hydrogens is 329 g/mol. The minimum absolute atomic E-state index is 0.0532. The Morgan fingerprint density at radius 2 is 1.71 bits per heavy atom. The van der Waals surface area contributed by atoms with E-state index in [9.17, 15) is 17.6 Å². The summed E-state index contributed by atoms with van der Waals surface area (Å²) in [5.41, 5.74) is -0.620. The summed E-state index contributed by atoms with van der Waals surface area (Å²) in [6, 6.07) is 6.87. The first kappa shape index (κ1) is 15.9. The number of benzene rings is 2. The van der Waals surface area contributed by atoms with E-state index in [0.717, 1.165) is 6.07 Å². The number of halogens is 6. The lowest BCUT2D eigenvalue weighted by molar-refractivity contribution is -0.137. The highest BCUT2D eigenvalue weighted by molar-refractivity contribution is 6.33. The molecule has 1 nitrogen and oxygen atoms in total. The molecule has 2 aromatic carbocycles. The summed E-state index contributed by atoms with van der Waals surface area (Å²) in [6.07, 6.45) is -4.53. The van der Waals surface area contributed by atoms with Gasteiger partial charge in [-0.2, -0.15) is 13.2 Å². The van der Waals surface area contributed by atoms with E-state index in [1.165, 1.54) is 0 Å². The van der Waals surface area contributed by atoms with Gasteiger partial charge in [0.25, 0.3) is 0 Å². The second kappa shape index (κ2) is 6.12. The van der Waals surface area contributed by atoms with Crippen molar-refractivity contribution in [1.82, 2.24) is 0 Å². The standard InChI is InChI=1S/C14H9Cl2F4N/c15-10-2-3-11(16)8(5-10)7-21-13-6-9(14(18,19)20)1-4-12(13)17/h1-6,21H,7H2. The highest BCUT2D eigenvalue weighted by Gasteiger charge is 2.31. The third-order valence-corrected chi connectivity index (χ3v) is 3.37. The monoisotopic (exact) mass is 337 g/mol.